The molecule has 0 aliphatic rings. The van der Waals surface area contributed by atoms with Crippen molar-refractivity contribution in [3.05, 3.63) is 66.2 Å². The second kappa shape index (κ2) is 6.61. The van der Waals surface area contributed by atoms with Gasteiger partial charge in [-0.25, -0.2) is 0 Å². The Balaban J connectivity index is 2.06. The van der Waals surface area contributed by atoms with Gasteiger partial charge in [0.05, 0.1) is 0 Å². The van der Waals surface area contributed by atoms with E-state index in [1.807, 2.05) is 6.92 Å². The number of phenols is 1. The highest BCUT2D eigenvalue weighted by atomic mass is 16.5. The van der Waals surface area contributed by atoms with Crippen LogP contribution in [0.3, 0.4) is 0 Å². The van der Waals surface area contributed by atoms with Crippen LogP contribution in [0.4, 0.5) is 5.69 Å². The minimum Gasteiger partial charge on any atom is -0.508 e. The lowest BCUT2D eigenvalue weighted by molar-refractivity contribution is 0.102. The summed E-state index contributed by atoms with van der Waals surface area (Å²) in [6.07, 6.45) is 0. The fraction of sp³-hybridized carbons (Fsp3) is 0.118. The van der Waals surface area contributed by atoms with E-state index >= 15 is 0 Å². The minimum absolute atomic E-state index is 0.156. The van der Waals surface area contributed by atoms with Gasteiger partial charge in [0.2, 0.25) is 0 Å². The maximum atomic E-state index is 12.1. The summed E-state index contributed by atoms with van der Waals surface area (Å²) in [7, 11) is 0. The molecule has 0 spiro atoms. The van der Waals surface area contributed by atoms with Gasteiger partial charge in [-0.05, 0) is 55.0 Å². The van der Waals surface area contributed by atoms with E-state index in [-0.39, 0.29) is 11.7 Å². The second-order valence-corrected chi connectivity index (χ2v) is 4.77. The fourth-order valence-electron chi connectivity index (χ4n) is 1.68. The summed E-state index contributed by atoms with van der Waals surface area (Å²) in [6, 6.07) is 13.2. The normalized spacial score (nSPS) is 9.95. The topological polar surface area (TPSA) is 58.6 Å². The van der Waals surface area contributed by atoms with Crippen LogP contribution in [0.5, 0.6) is 11.5 Å². The molecule has 4 heteroatoms. The van der Waals surface area contributed by atoms with Crippen molar-refractivity contribution in [2.24, 2.45) is 0 Å². The molecule has 108 valence electrons. The summed E-state index contributed by atoms with van der Waals surface area (Å²) in [5, 5.41) is 12.0. The van der Waals surface area contributed by atoms with Gasteiger partial charge in [-0.2, -0.15) is 0 Å². The first kappa shape index (κ1) is 14.7. The largest absolute Gasteiger partial charge is 0.508 e. The summed E-state index contributed by atoms with van der Waals surface area (Å²) < 4.78 is 5.51. The van der Waals surface area contributed by atoms with Crippen LogP contribution in [0.15, 0.2) is 60.7 Å². The van der Waals surface area contributed by atoms with Gasteiger partial charge in [0.1, 0.15) is 18.1 Å². The Kier molecular flexibility index (Phi) is 4.61. The highest BCUT2D eigenvalue weighted by molar-refractivity contribution is 6.04. The van der Waals surface area contributed by atoms with Gasteiger partial charge in [0, 0.05) is 11.3 Å². The number of nitrogens with one attached hydrogen (secondary N) is 1. The number of phenolic OH excluding ortho intramolecular Hbond substituents is 1. The Hall–Kier alpha value is -2.75. The van der Waals surface area contributed by atoms with Crippen LogP contribution in [0.1, 0.15) is 17.3 Å². The smallest absolute Gasteiger partial charge is 0.255 e. The van der Waals surface area contributed by atoms with Crippen LogP contribution < -0.4 is 10.1 Å². The summed E-state index contributed by atoms with van der Waals surface area (Å²) in [5.74, 6) is 0.543. The van der Waals surface area contributed by atoms with Crippen molar-refractivity contribution in [2.75, 3.05) is 11.9 Å². The molecule has 0 bridgehead atoms. The molecular weight excluding hydrogens is 266 g/mol. The molecule has 0 unspecified atom stereocenters. The quantitative estimate of drug-likeness (QED) is 0.651. The molecule has 0 aliphatic heterocycles. The lowest BCUT2D eigenvalue weighted by Gasteiger charge is -2.08. The van der Waals surface area contributed by atoms with Crippen molar-refractivity contribution < 1.29 is 14.6 Å². The molecule has 0 saturated carbocycles. The van der Waals surface area contributed by atoms with E-state index in [4.69, 9.17) is 4.74 Å². The molecule has 0 heterocycles. The van der Waals surface area contributed by atoms with Gasteiger partial charge in [0.25, 0.3) is 5.91 Å². The Morgan fingerprint density at radius 1 is 1.24 bits per heavy atom. The first-order chi connectivity index (χ1) is 10.0. The third-order valence-corrected chi connectivity index (χ3v) is 2.71. The first-order valence-electron chi connectivity index (χ1n) is 6.52. The number of carbonyl (C=O) groups excluding carboxylic acids is 1. The molecule has 0 saturated heterocycles. The van der Waals surface area contributed by atoms with E-state index in [0.29, 0.717) is 23.6 Å². The molecule has 2 aromatic carbocycles. The minimum atomic E-state index is -0.235. The Morgan fingerprint density at radius 3 is 2.62 bits per heavy atom. The summed E-state index contributed by atoms with van der Waals surface area (Å²) >= 11 is 0. The predicted octanol–water partition coefficient (Wildman–Crippen LogP) is 3.60. The van der Waals surface area contributed by atoms with Gasteiger partial charge < -0.3 is 15.2 Å². The van der Waals surface area contributed by atoms with Crippen molar-refractivity contribution in [2.45, 2.75) is 6.92 Å². The van der Waals surface area contributed by atoms with Crippen LogP contribution in [0.25, 0.3) is 0 Å². The van der Waals surface area contributed by atoms with E-state index in [0.717, 1.165) is 5.57 Å². The number of carbonyl (C=O) groups is 1. The maximum absolute atomic E-state index is 12.1. The van der Waals surface area contributed by atoms with Crippen molar-refractivity contribution in [1.82, 2.24) is 0 Å². The first-order valence-corrected chi connectivity index (χ1v) is 6.52. The van der Waals surface area contributed by atoms with Crippen molar-refractivity contribution in [1.29, 1.82) is 0 Å². The lowest BCUT2D eigenvalue weighted by atomic mass is 10.2. The van der Waals surface area contributed by atoms with Crippen molar-refractivity contribution in [3.63, 3.8) is 0 Å². The zero-order valence-electron chi connectivity index (χ0n) is 11.8. The van der Waals surface area contributed by atoms with Crippen LogP contribution in [0.2, 0.25) is 0 Å². The van der Waals surface area contributed by atoms with Gasteiger partial charge in [0.15, 0.2) is 0 Å². The number of rotatable bonds is 5. The van der Waals surface area contributed by atoms with Crippen LogP contribution >= 0.6 is 0 Å². The number of anilines is 1. The third kappa shape index (κ3) is 4.38. The van der Waals surface area contributed by atoms with Gasteiger partial charge in [-0.15, -0.1) is 0 Å². The number of amides is 1. The summed E-state index contributed by atoms with van der Waals surface area (Å²) in [6.45, 7) is 6.06. The van der Waals surface area contributed by atoms with E-state index in [9.17, 15) is 9.90 Å². The average Bonchev–Trinajstić information content (AvgIpc) is 2.48. The molecule has 0 aliphatic carbocycles. The van der Waals surface area contributed by atoms with E-state index in [2.05, 4.69) is 11.9 Å². The zero-order chi connectivity index (χ0) is 15.2. The second-order valence-electron chi connectivity index (χ2n) is 4.77. The molecule has 1 amide bonds. The zero-order valence-corrected chi connectivity index (χ0v) is 11.8. The SMILES string of the molecule is C=C(C)COc1cccc(C(=O)Nc2ccc(O)cc2)c1. The monoisotopic (exact) mass is 283 g/mol. The lowest BCUT2D eigenvalue weighted by Crippen LogP contribution is -2.12. The molecule has 0 fully saturated rings. The standard InChI is InChI=1S/C17H17NO3/c1-12(2)11-21-16-5-3-4-13(10-16)17(20)18-14-6-8-15(19)9-7-14/h3-10,19H,1,11H2,2H3,(H,18,20). The third-order valence-electron chi connectivity index (χ3n) is 2.71. The molecule has 21 heavy (non-hydrogen) atoms. The Morgan fingerprint density at radius 2 is 1.95 bits per heavy atom. The van der Waals surface area contributed by atoms with Crippen LogP contribution in [0, 0.1) is 0 Å². The highest BCUT2D eigenvalue weighted by Gasteiger charge is 2.07. The van der Waals surface area contributed by atoms with E-state index in [1.165, 1.54) is 12.1 Å². The fourth-order valence-corrected chi connectivity index (χ4v) is 1.68. The molecular formula is C17H17NO3. The van der Waals surface area contributed by atoms with Crippen molar-refractivity contribution in [3.8, 4) is 11.5 Å². The van der Waals surface area contributed by atoms with E-state index < -0.39 is 0 Å². The van der Waals surface area contributed by atoms with Crippen molar-refractivity contribution >= 4 is 11.6 Å². The number of hydrogen-bond donors (Lipinski definition) is 2. The Labute approximate surface area is 123 Å². The molecule has 0 radical (unpaired) electrons. The number of aromatic hydroxyl groups is 1. The van der Waals surface area contributed by atoms with Gasteiger partial charge in [-0.3, -0.25) is 4.79 Å². The number of hydrogen-bond acceptors (Lipinski definition) is 3. The maximum Gasteiger partial charge on any atom is 0.255 e. The molecule has 2 aromatic rings. The molecule has 2 N–H and O–H groups in total. The highest BCUT2D eigenvalue weighted by Crippen LogP contribution is 2.17. The predicted molar refractivity (Wildman–Crippen MR) is 82.8 cm³/mol. The summed E-state index contributed by atoms with van der Waals surface area (Å²) in [4.78, 5) is 12.1. The van der Waals surface area contributed by atoms with E-state index in [1.54, 1.807) is 36.4 Å². The van der Waals surface area contributed by atoms with Gasteiger partial charge >= 0.3 is 0 Å². The average molecular weight is 283 g/mol. The molecule has 2 rings (SSSR count). The molecule has 4 nitrogen and oxygen atoms in total. The summed E-state index contributed by atoms with van der Waals surface area (Å²) in [5.41, 5.74) is 2.03. The molecule has 0 atom stereocenters. The van der Waals surface area contributed by atoms with Crippen LogP contribution in [-0.2, 0) is 0 Å². The van der Waals surface area contributed by atoms with Gasteiger partial charge in [-0.1, -0.05) is 12.6 Å². The van der Waals surface area contributed by atoms with Crippen LogP contribution in [-0.4, -0.2) is 17.6 Å². The molecule has 0 aromatic heterocycles. The number of benzene rings is 2. The number of ether oxygens (including phenoxy) is 1. The Bertz CT molecular complexity index is 647.